The predicted molar refractivity (Wildman–Crippen MR) is 71.0 cm³/mol. The van der Waals surface area contributed by atoms with E-state index in [1.54, 1.807) is 29.1 Å². The third-order valence-corrected chi connectivity index (χ3v) is 3.55. The molecular weight excluding hydrogens is 246 g/mol. The highest BCUT2D eigenvalue weighted by molar-refractivity contribution is 5.89. The van der Waals surface area contributed by atoms with Crippen molar-refractivity contribution < 1.29 is 15.3 Å². The van der Waals surface area contributed by atoms with Gasteiger partial charge in [0, 0.05) is 5.92 Å². The number of rotatable bonds is 2. The van der Waals surface area contributed by atoms with Gasteiger partial charge in [0.2, 0.25) is 0 Å². The number of aliphatic hydroxyl groups excluding tert-OH is 3. The quantitative estimate of drug-likeness (QED) is 0.561. The monoisotopic (exact) mass is 261 g/mol. The van der Waals surface area contributed by atoms with Crippen molar-refractivity contribution in [3.8, 4) is 0 Å². The van der Waals surface area contributed by atoms with Crippen LogP contribution in [-0.4, -0.2) is 43.7 Å². The van der Waals surface area contributed by atoms with E-state index in [9.17, 15) is 10.2 Å². The first-order chi connectivity index (χ1) is 9.13. The summed E-state index contributed by atoms with van der Waals surface area (Å²) >= 11 is 0. The van der Waals surface area contributed by atoms with E-state index in [1.165, 1.54) is 0 Å². The Morgan fingerprint density at radius 3 is 2.79 bits per heavy atom. The minimum absolute atomic E-state index is 0.212. The number of nitrogens with two attached hydrogens (primary N) is 1. The van der Waals surface area contributed by atoms with E-state index in [0.29, 0.717) is 16.9 Å². The summed E-state index contributed by atoms with van der Waals surface area (Å²) in [4.78, 5) is 4.22. The summed E-state index contributed by atoms with van der Waals surface area (Å²) in [5, 5.41) is 29.0. The smallest absolute Gasteiger partial charge is 0.120 e. The molecule has 0 bridgehead atoms. The van der Waals surface area contributed by atoms with Gasteiger partial charge in [-0.2, -0.15) is 0 Å². The summed E-state index contributed by atoms with van der Waals surface area (Å²) in [6, 6.07) is 5.40. The molecule has 1 aromatic carbocycles. The molecule has 0 radical (unpaired) electrons. The van der Waals surface area contributed by atoms with Gasteiger partial charge in [-0.05, 0) is 12.1 Å². The minimum Gasteiger partial charge on any atom is -0.397 e. The van der Waals surface area contributed by atoms with E-state index in [0.717, 1.165) is 5.52 Å². The van der Waals surface area contributed by atoms with Crippen LogP contribution >= 0.6 is 0 Å². The molecule has 0 aliphatic heterocycles. The van der Waals surface area contributed by atoms with Crippen LogP contribution in [0.25, 0.3) is 16.7 Å². The summed E-state index contributed by atoms with van der Waals surface area (Å²) in [5.74, 6) is -0.469. The second-order valence-corrected chi connectivity index (χ2v) is 4.70. The zero-order chi connectivity index (χ0) is 13.6. The van der Waals surface area contributed by atoms with Gasteiger partial charge in [0.15, 0.2) is 0 Å². The Kier molecular flexibility index (Phi) is 2.78. The Hall–Kier alpha value is -1.89. The van der Waals surface area contributed by atoms with E-state index in [4.69, 9.17) is 10.8 Å². The molecule has 19 heavy (non-hydrogen) atoms. The molecule has 3 rings (SSSR count). The van der Waals surface area contributed by atoms with Crippen LogP contribution in [0.4, 0.5) is 5.69 Å². The standard InChI is InChI=1S/C13H15N3O3/c14-8-2-1-3-9-11(8)15-6-16(9)10-4-7(5-17)12(18)13(10)19/h1-4,6-7,12-13,17-19H,5,14H2/t7-,12-,13+/m1/s1. The number of hydrogen-bond donors (Lipinski definition) is 4. The molecule has 100 valence electrons. The Balaban J connectivity index is 2.13. The molecule has 1 aliphatic rings. The van der Waals surface area contributed by atoms with Crippen molar-refractivity contribution in [1.82, 2.24) is 9.55 Å². The van der Waals surface area contributed by atoms with Gasteiger partial charge >= 0.3 is 0 Å². The van der Waals surface area contributed by atoms with Crippen molar-refractivity contribution in [3.05, 3.63) is 30.6 Å². The number of aromatic nitrogens is 2. The number of aliphatic hydroxyl groups is 3. The zero-order valence-electron chi connectivity index (χ0n) is 10.1. The van der Waals surface area contributed by atoms with Crippen molar-refractivity contribution in [2.24, 2.45) is 5.92 Å². The van der Waals surface area contributed by atoms with Crippen LogP contribution in [0.3, 0.4) is 0 Å². The Morgan fingerprint density at radius 2 is 2.11 bits per heavy atom. The second-order valence-electron chi connectivity index (χ2n) is 4.70. The van der Waals surface area contributed by atoms with Gasteiger partial charge in [0.05, 0.1) is 29.6 Å². The summed E-state index contributed by atoms with van der Waals surface area (Å²) < 4.78 is 1.69. The Labute approximate surface area is 109 Å². The van der Waals surface area contributed by atoms with E-state index >= 15 is 0 Å². The van der Waals surface area contributed by atoms with Crippen LogP contribution < -0.4 is 5.73 Å². The number of hydrogen-bond acceptors (Lipinski definition) is 5. The van der Waals surface area contributed by atoms with Crippen molar-refractivity contribution in [3.63, 3.8) is 0 Å². The number of nitrogen functional groups attached to an aromatic ring is 1. The van der Waals surface area contributed by atoms with Gasteiger partial charge in [-0.25, -0.2) is 4.98 Å². The summed E-state index contributed by atoms with van der Waals surface area (Å²) in [6.45, 7) is -0.212. The number of para-hydroxylation sites is 1. The van der Waals surface area contributed by atoms with Gasteiger partial charge in [-0.15, -0.1) is 0 Å². The third kappa shape index (κ3) is 1.73. The highest BCUT2D eigenvalue weighted by Crippen LogP contribution is 2.31. The molecule has 0 amide bonds. The van der Waals surface area contributed by atoms with E-state index in [1.807, 2.05) is 6.07 Å². The van der Waals surface area contributed by atoms with Crippen molar-refractivity contribution in [2.75, 3.05) is 12.3 Å². The van der Waals surface area contributed by atoms with Gasteiger partial charge in [0.25, 0.3) is 0 Å². The molecule has 0 fully saturated rings. The van der Waals surface area contributed by atoms with Crippen LogP contribution in [-0.2, 0) is 0 Å². The van der Waals surface area contributed by atoms with Crippen molar-refractivity contribution in [2.45, 2.75) is 12.2 Å². The van der Waals surface area contributed by atoms with Crippen LogP contribution in [0.1, 0.15) is 0 Å². The molecule has 2 aromatic rings. The average Bonchev–Trinajstić information content (AvgIpc) is 2.94. The molecule has 0 saturated carbocycles. The van der Waals surface area contributed by atoms with Gasteiger partial charge in [-0.1, -0.05) is 12.1 Å². The van der Waals surface area contributed by atoms with Crippen LogP contribution in [0, 0.1) is 5.92 Å². The first-order valence-corrected chi connectivity index (χ1v) is 6.04. The highest BCUT2D eigenvalue weighted by Gasteiger charge is 2.35. The Bertz CT molecular complexity index is 650. The van der Waals surface area contributed by atoms with Crippen LogP contribution in [0.2, 0.25) is 0 Å². The number of imidazole rings is 1. The molecule has 0 saturated heterocycles. The van der Waals surface area contributed by atoms with Crippen molar-refractivity contribution in [1.29, 1.82) is 0 Å². The van der Waals surface area contributed by atoms with Crippen LogP contribution in [0.15, 0.2) is 30.6 Å². The maximum Gasteiger partial charge on any atom is 0.120 e. The lowest BCUT2D eigenvalue weighted by Gasteiger charge is -2.16. The number of fused-ring (bicyclic) bond motifs is 1. The maximum absolute atomic E-state index is 10.1. The first kappa shape index (κ1) is 12.2. The SMILES string of the molecule is Nc1cccc2c1ncn2C1=C[C@H](CO)[C@@H](O)[C@H]1O. The zero-order valence-corrected chi connectivity index (χ0v) is 10.1. The van der Waals surface area contributed by atoms with E-state index < -0.39 is 18.1 Å². The lowest BCUT2D eigenvalue weighted by molar-refractivity contribution is 0.0199. The molecular formula is C13H15N3O3. The normalized spacial score (nSPS) is 26.9. The van der Waals surface area contributed by atoms with Crippen LogP contribution in [0.5, 0.6) is 0 Å². The topological polar surface area (TPSA) is 105 Å². The maximum atomic E-state index is 10.1. The van der Waals surface area contributed by atoms with Crippen molar-refractivity contribution >= 4 is 22.4 Å². The molecule has 3 atom stereocenters. The summed E-state index contributed by atoms with van der Waals surface area (Å²) in [7, 11) is 0. The van der Waals surface area contributed by atoms with Gasteiger partial charge in [0.1, 0.15) is 17.9 Å². The number of nitrogens with zero attached hydrogens (tertiary/aromatic N) is 2. The molecule has 6 heteroatoms. The fourth-order valence-electron chi connectivity index (χ4n) is 2.48. The number of anilines is 1. The molecule has 1 aromatic heterocycles. The molecule has 5 N–H and O–H groups in total. The fourth-order valence-corrected chi connectivity index (χ4v) is 2.48. The fraction of sp³-hybridized carbons (Fsp3) is 0.308. The first-order valence-electron chi connectivity index (χ1n) is 6.04. The van der Waals surface area contributed by atoms with E-state index in [2.05, 4.69) is 4.98 Å². The largest absolute Gasteiger partial charge is 0.397 e. The average molecular weight is 261 g/mol. The summed E-state index contributed by atoms with van der Waals surface area (Å²) in [6.07, 6.45) is 1.18. The molecule has 1 heterocycles. The lowest BCUT2D eigenvalue weighted by Crippen LogP contribution is -2.30. The Morgan fingerprint density at radius 1 is 1.32 bits per heavy atom. The predicted octanol–water partition coefficient (Wildman–Crippen LogP) is -0.197. The second kappa shape index (κ2) is 4.34. The van der Waals surface area contributed by atoms with E-state index in [-0.39, 0.29) is 6.61 Å². The highest BCUT2D eigenvalue weighted by atomic mass is 16.3. The molecule has 0 unspecified atom stereocenters. The molecule has 1 aliphatic carbocycles. The number of benzene rings is 1. The molecule has 6 nitrogen and oxygen atoms in total. The molecule has 0 spiro atoms. The third-order valence-electron chi connectivity index (χ3n) is 3.55. The summed E-state index contributed by atoms with van der Waals surface area (Å²) in [5.41, 5.74) is 8.32. The minimum atomic E-state index is -1.05. The van der Waals surface area contributed by atoms with Gasteiger partial charge < -0.3 is 25.6 Å². The lowest BCUT2D eigenvalue weighted by atomic mass is 10.1. The van der Waals surface area contributed by atoms with Gasteiger partial charge in [-0.3, -0.25) is 0 Å².